The van der Waals surface area contributed by atoms with E-state index in [2.05, 4.69) is 0 Å². The van der Waals surface area contributed by atoms with Crippen molar-refractivity contribution >= 4 is 28.8 Å². The zero-order valence-electron chi connectivity index (χ0n) is 13.1. The van der Waals surface area contributed by atoms with Crippen molar-refractivity contribution in [3.8, 4) is 0 Å². The molecular formula is C17H21NO4S. The van der Waals surface area contributed by atoms with Crippen LogP contribution in [0.15, 0.2) is 30.3 Å². The lowest BCUT2D eigenvalue weighted by Crippen LogP contribution is -2.44. The van der Waals surface area contributed by atoms with Gasteiger partial charge in [-0.15, -0.1) is 0 Å². The van der Waals surface area contributed by atoms with E-state index in [0.717, 1.165) is 17.3 Å². The molecule has 1 N–H and O–H groups in total. The van der Waals surface area contributed by atoms with Crippen molar-refractivity contribution < 1.29 is 19.5 Å². The Bertz CT molecular complexity index is 575. The van der Waals surface area contributed by atoms with E-state index in [0.29, 0.717) is 31.6 Å². The van der Waals surface area contributed by atoms with Crippen LogP contribution in [0.1, 0.15) is 25.3 Å². The Morgan fingerprint density at radius 3 is 2.61 bits per heavy atom. The number of hydrogen-bond acceptors (Lipinski definition) is 4. The zero-order valence-corrected chi connectivity index (χ0v) is 13.9. The van der Waals surface area contributed by atoms with Crippen LogP contribution in [0.25, 0.3) is 0 Å². The number of carbonyl (C=O) groups is 3. The summed E-state index contributed by atoms with van der Waals surface area (Å²) in [6.45, 7) is 1.95. The molecule has 5 nitrogen and oxygen atoms in total. The number of likely N-dealkylation sites (tertiary alicyclic amines) is 1. The van der Waals surface area contributed by atoms with Gasteiger partial charge < -0.3 is 10.0 Å². The number of carbonyl (C=O) groups excluding carboxylic acids is 2. The standard InChI is InChI=1S/C17H21NO4S/c1-12(19)23-11-14(10-13-6-3-2-4-7-13)16(20)18-9-5-8-15(18)17(21)22/h2-4,6-7,14-15H,5,8-11H2,1H3,(H,21,22)/t14?,15-/m0/s1. The lowest BCUT2D eigenvalue weighted by Gasteiger charge is -2.26. The molecule has 0 aromatic heterocycles. The van der Waals surface area contributed by atoms with Crippen molar-refractivity contribution in [2.24, 2.45) is 5.92 Å². The molecule has 23 heavy (non-hydrogen) atoms. The van der Waals surface area contributed by atoms with Gasteiger partial charge in [-0.1, -0.05) is 42.1 Å². The second-order valence-electron chi connectivity index (χ2n) is 5.72. The number of thioether (sulfide) groups is 1. The molecule has 124 valence electrons. The molecule has 1 aromatic rings. The molecule has 0 aliphatic carbocycles. The van der Waals surface area contributed by atoms with E-state index in [1.807, 2.05) is 30.3 Å². The van der Waals surface area contributed by atoms with E-state index in [4.69, 9.17) is 0 Å². The summed E-state index contributed by atoms with van der Waals surface area (Å²) in [4.78, 5) is 36.9. The van der Waals surface area contributed by atoms with Crippen LogP contribution in [-0.4, -0.2) is 45.3 Å². The second-order valence-corrected chi connectivity index (χ2v) is 6.91. The molecule has 1 amide bonds. The molecule has 6 heteroatoms. The number of amides is 1. The van der Waals surface area contributed by atoms with Crippen LogP contribution in [-0.2, 0) is 20.8 Å². The molecule has 1 saturated heterocycles. The SMILES string of the molecule is CC(=O)SCC(Cc1ccccc1)C(=O)N1CCC[C@H]1C(=O)O. The van der Waals surface area contributed by atoms with Crippen molar-refractivity contribution in [3.63, 3.8) is 0 Å². The Kier molecular flexibility index (Phi) is 6.21. The summed E-state index contributed by atoms with van der Waals surface area (Å²) in [5.41, 5.74) is 1.01. The molecule has 0 spiro atoms. The molecule has 1 fully saturated rings. The van der Waals surface area contributed by atoms with Crippen LogP contribution in [0.3, 0.4) is 0 Å². The summed E-state index contributed by atoms with van der Waals surface area (Å²) in [6.07, 6.45) is 1.72. The first-order chi connectivity index (χ1) is 11.0. The molecule has 1 heterocycles. The quantitative estimate of drug-likeness (QED) is 0.862. The van der Waals surface area contributed by atoms with Crippen LogP contribution < -0.4 is 0 Å². The number of aliphatic carboxylic acids is 1. The van der Waals surface area contributed by atoms with E-state index in [1.165, 1.54) is 11.8 Å². The summed E-state index contributed by atoms with van der Waals surface area (Å²) < 4.78 is 0. The topological polar surface area (TPSA) is 74.7 Å². The van der Waals surface area contributed by atoms with Crippen molar-refractivity contribution in [1.29, 1.82) is 0 Å². The van der Waals surface area contributed by atoms with E-state index in [-0.39, 0.29) is 16.9 Å². The Hall–Kier alpha value is -1.82. The van der Waals surface area contributed by atoms with Gasteiger partial charge in [-0.2, -0.15) is 0 Å². The normalized spacial score (nSPS) is 18.7. The van der Waals surface area contributed by atoms with Gasteiger partial charge in [0.2, 0.25) is 5.91 Å². The number of carboxylic acids is 1. The fraction of sp³-hybridized carbons (Fsp3) is 0.471. The molecular weight excluding hydrogens is 314 g/mol. The number of nitrogens with zero attached hydrogens (tertiary/aromatic N) is 1. The average molecular weight is 335 g/mol. The average Bonchev–Trinajstić information content (AvgIpc) is 3.01. The molecule has 1 aliphatic rings. The highest BCUT2D eigenvalue weighted by molar-refractivity contribution is 8.13. The van der Waals surface area contributed by atoms with Gasteiger partial charge in [0, 0.05) is 19.2 Å². The van der Waals surface area contributed by atoms with Crippen molar-refractivity contribution in [3.05, 3.63) is 35.9 Å². The molecule has 2 atom stereocenters. The van der Waals surface area contributed by atoms with Gasteiger partial charge >= 0.3 is 5.97 Å². The molecule has 1 aliphatic heterocycles. The summed E-state index contributed by atoms with van der Waals surface area (Å²) in [5, 5.41) is 9.23. The monoisotopic (exact) mass is 335 g/mol. The van der Waals surface area contributed by atoms with Gasteiger partial charge in [-0.25, -0.2) is 4.79 Å². The van der Waals surface area contributed by atoms with Crippen LogP contribution >= 0.6 is 11.8 Å². The minimum atomic E-state index is -0.950. The lowest BCUT2D eigenvalue weighted by molar-refractivity contribution is -0.149. The number of hydrogen-bond donors (Lipinski definition) is 1. The van der Waals surface area contributed by atoms with E-state index in [1.54, 1.807) is 0 Å². The van der Waals surface area contributed by atoms with E-state index >= 15 is 0 Å². The largest absolute Gasteiger partial charge is 0.480 e. The fourth-order valence-electron chi connectivity index (χ4n) is 2.86. The smallest absolute Gasteiger partial charge is 0.326 e. The third-order valence-electron chi connectivity index (χ3n) is 3.98. The van der Waals surface area contributed by atoms with Crippen LogP contribution in [0.4, 0.5) is 0 Å². The number of rotatable bonds is 6. The van der Waals surface area contributed by atoms with Gasteiger partial charge in [0.25, 0.3) is 0 Å². The predicted octanol–water partition coefficient (Wildman–Crippen LogP) is 2.20. The van der Waals surface area contributed by atoms with Gasteiger partial charge in [0.1, 0.15) is 6.04 Å². The van der Waals surface area contributed by atoms with Gasteiger partial charge in [-0.3, -0.25) is 9.59 Å². The summed E-state index contributed by atoms with van der Waals surface area (Å²) in [6, 6.07) is 8.87. The van der Waals surface area contributed by atoms with E-state index in [9.17, 15) is 19.5 Å². The summed E-state index contributed by atoms with van der Waals surface area (Å²) in [5.74, 6) is -1.11. The highest BCUT2D eigenvalue weighted by Gasteiger charge is 2.37. The van der Waals surface area contributed by atoms with Crippen molar-refractivity contribution in [2.45, 2.75) is 32.2 Å². The first-order valence-electron chi connectivity index (χ1n) is 7.69. The third-order valence-corrected chi connectivity index (χ3v) is 4.96. The molecule has 2 rings (SSSR count). The van der Waals surface area contributed by atoms with Crippen molar-refractivity contribution in [1.82, 2.24) is 4.90 Å². The minimum Gasteiger partial charge on any atom is -0.480 e. The number of carboxylic acid groups (broad SMARTS) is 1. The van der Waals surface area contributed by atoms with E-state index < -0.39 is 12.0 Å². The van der Waals surface area contributed by atoms with Crippen LogP contribution in [0, 0.1) is 5.92 Å². The van der Waals surface area contributed by atoms with Crippen LogP contribution in [0.5, 0.6) is 0 Å². The lowest BCUT2D eigenvalue weighted by atomic mass is 9.99. The van der Waals surface area contributed by atoms with Gasteiger partial charge in [0.05, 0.1) is 5.92 Å². The molecule has 1 unspecified atom stereocenters. The minimum absolute atomic E-state index is 0.0351. The highest BCUT2D eigenvalue weighted by atomic mass is 32.2. The maximum absolute atomic E-state index is 12.8. The van der Waals surface area contributed by atoms with Crippen molar-refractivity contribution in [2.75, 3.05) is 12.3 Å². The molecule has 0 bridgehead atoms. The Balaban J connectivity index is 2.13. The molecule has 0 saturated carbocycles. The maximum atomic E-state index is 12.8. The van der Waals surface area contributed by atoms with Crippen LogP contribution in [0.2, 0.25) is 0 Å². The fourth-order valence-corrected chi connectivity index (χ4v) is 3.55. The number of benzene rings is 1. The zero-order chi connectivity index (χ0) is 16.8. The van der Waals surface area contributed by atoms with Gasteiger partial charge in [0.15, 0.2) is 5.12 Å². The maximum Gasteiger partial charge on any atom is 0.326 e. The first-order valence-corrected chi connectivity index (χ1v) is 8.68. The van der Waals surface area contributed by atoms with Gasteiger partial charge in [-0.05, 0) is 24.8 Å². The molecule has 0 radical (unpaired) electrons. The summed E-state index contributed by atoms with van der Waals surface area (Å²) >= 11 is 1.12. The Morgan fingerprint density at radius 1 is 1.30 bits per heavy atom. The third kappa shape index (κ3) is 4.82. The Labute approximate surface area is 140 Å². The second kappa shape index (κ2) is 8.15. The Morgan fingerprint density at radius 2 is 2.00 bits per heavy atom. The summed E-state index contributed by atoms with van der Waals surface area (Å²) in [7, 11) is 0. The molecule has 1 aromatic carbocycles. The highest BCUT2D eigenvalue weighted by Crippen LogP contribution is 2.24. The predicted molar refractivity (Wildman–Crippen MR) is 89.1 cm³/mol. The first kappa shape index (κ1) is 17.5.